The molecular formula is C26H31ClN2O4. The summed E-state index contributed by atoms with van der Waals surface area (Å²) in [6, 6.07) is 13.2. The maximum absolute atomic E-state index is 13.0. The molecule has 176 valence electrons. The minimum Gasteiger partial charge on any atom is -0.507 e. The van der Waals surface area contributed by atoms with Crippen LogP contribution in [0.1, 0.15) is 43.4 Å². The average molecular weight is 471 g/mol. The van der Waals surface area contributed by atoms with Crippen LogP contribution < -0.4 is 4.74 Å². The van der Waals surface area contributed by atoms with Gasteiger partial charge in [0.25, 0.3) is 11.7 Å². The van der Waals surface area contributed by atoms with E-state index in [9.17, 15) is 14.7 Å². The highest BCUT2D eigenvalue weighted by molar-refractivity contribution is 6.46. The predicted molar refractivity (Wildman–Crippen MR) is 130 cm³/mol. The van der Waals surface area contributed by atoms with E-state index >= 15 is 0 Å². The van der Waals surface area contributed by atoms with Gasteiger partial charge in [-0.05, 0) is 62.5 Å². The molecule has 0 bridgehead atoms. The van der Waals surface area contributed by atoms with Crippen LogP contribution in [0.4, 0.5) is 0 Å². The fraction of sp³-hybridized carbons (Fsp3) is 0.385. The number of ether oxygens (including phenoxy) is 1. The second-order valence-electron chi connectivity index (χ2n) is 8.43. The number of unbranched alkanes of at least 4 members (excludes halogenated alkanes) is 2. The second-order valence-corrected chi connectivity index (χ2v) is 8.86. The summed E-state index contributed by atoms with van der Waals surface area (Å²) in [6.07, 6.45) is 3.23. The van der Waals surface area contributed by atoms with Crippen LogP contribution in [0.25, 0.3) is 5.76 Å². The Morgan fingerprint density at radius 3 is 2.33 bits per heavy atom. The summed E-state index contributed by atoms with van der Waals surface area (Å²) in [7, 11) is 3.81. The van der Waals surface area contributed by atoms with Gasteiger partial charge in [0.05, 0.1) is 18.2 Å². The Labute approximate surface area is 200 Å². The Bertz CT molecular complexity index is 1000. The van der Waals surface area contributed by atoms with E-state index in [2.05, 4.69) is 6.92 Å². The van der Waals surface area contributed by atoms with Crippen LogP contribution >= 0.6 is 11.6 Å². The smallest absolute Gasteiger partial charge is 0.295 e. The molecule has 1 unspecified atom stereocenters. The highest BCUT2D eigenvalue weighted by Gasteiger charge is 2.45. The fourth-order valence-electron chi connectivity index (χ4n) is 3.82. The first-order chi connectivity index (χ1) is 15.8. The van der Waals surface area contributed by atoms with Gasteiger partial charge in [-0.2, -0.15) is 0 Å². The van der Waals surface area contributed by atoms with Crippen molar-refractivity contribution in [2.75, 3.05) is 33.8 Å². The van der Waals surface area contributed by atoms with Crippen LogP contribution in [0.3, 0.4) is 0 Å². The lowest BCUT2D eigenvalue weighted by atomic mass is 9.95. The monoisotopic (exact) mass is 470 g/mol. The first-order valence-electron chi connectivity index (χ1n) is 11.2. The van der Waals surface area contributed by atoms with Crippen molar-refractivity contribution < 1.29 is 19.4 Å². The van der Waals surface area contributed by atoms with Crippen LogP contribution in [0.5, 0.6) is 5.75 Å². The second kappa shape index (κ2) is 11.3. The molecule has 1 amide bonds. The van der Waals surface area contributed by atoms with E-state index in [1.54, 1.807) is 24.3 Å². The standard InChI is InChI=1S/C26H31ClN2O4/c1-4-5-6-17-33-21-13-9-18(10-14-21)23-22(24(30)19-7-11-20(27)12-8-19)25(31)26(32)29(23)16-15-28(2)3/h7-14,23,30H,4-6,15-17H2,1-3H3/b24-22+. The largest absolute Gasteiger partial charge is 0.507 e. The molecular weight excluding hydrogens is 440 g/mol. The van der Waals surface area contributed by atoms with E-state index in [-0.39, 0.29) is 11.3 Å². The lowest BCUT2D eigenvalue weighted by molar-refractivity contribution is -0.140. The molecule has 0 aromatic heterocycles. The normalized spacial score (nSPS) is 17.7. The summed E-state index contributed by atoms with van der Waals surface area (Å²) in [6.45, 7) is 3.73. The predicted octanol–water partition coefficient (Wildman–Crippen LogP) is 4.89. The number of likely N-dealkylation sites (N-methyl/N-ethyl adjacent to an activating group) is 1. The molecule has 0 saturated carbocycles. The zero-order valence-corrected chi connectivity index (χ0v) is 20.1. The molecule has 0 aliphatic carbocycles. The lowest BCUT2D eigenvalue weighted by Crippen LogP contribution is -2.35. The number of halogens is 1. The van der Waals surface area contributed by atoms with Crippen LogP contribution in [0, 0.1) is 0 Å². The van der Waals surface area contributed by atoms with Crippen molar-refractivity contribution in [1.82, 2.24) is 9.80 Å². The van der Waals surface area contributed by atoms with E-state index in [4.69, 9.17) is 16.3 Å². The minimum absolute atomic E-state index is 0.0812. The number of carbonyl (C=O) groups is 2. The first kappa shape index (κ1) is 24.8. The van der Waals surface area contributed by atoms with Crippen LogP contribution in [-0.4, -0.2) is 60.4 Å². The number of Topliss-reactive ketones (excluding diaryl/α,β-unsaturated/α-hetero) is 1. The molecule has 1 heterocycles. The Morgan fingerprint density at radius 1 is 1.06 bits per heavy atom. The van der Waals surface area contributed by atoms with Crippen molar-refractivity contribution in [3.63, 3.8) is 0 Å². The first-order valence-corrected chi connectivity index (χ1v) is 11.6. The topological polar surface area (TPSA) is 70.1 Å². The SMILES string of the molecule is CCCCCOc1ccc(C2/C(=C(\O)c3ccc(Cl)cc3)C(=O)C(=O)N2CCN(C)C)cc1. The van der Waals surface area contributed by atoms with Crippen molar-refractivity contribution in [3.05, 3.63) is 70.3 Å². The maximum Gasteiger partial charge on any atom is 0.295 e. The van der Waals surface area contributed by atoms with Crippen molar-refractivity contribution in [2.24, 2.45) is 0 Å². The number of benzene rings is 2. The number of hydrogen-bond donors (Lipinski definition) is 1. The fourth-order valence-corrected chi connectivity index (χ4v) is 3.94. The summed E-state index contributed by atoms with van der Waals surface area (Å²) in [4.78, 5) is 29.4. The third-order valence-corrected chi connectivity index (χ3v) is 5.91. The summed E-state index contributed by atoms with van der Waals surface area (Å²) in [5.74, 6) is -0.775. The lowest BCUT2D eigenvalue weighted by Gasteiger charge is -2.26. The van der Waals surface area contributed by atoms with E-state index < -0.39 is 17.7 Å². The number of likely N-dealkylation sites (tertiary alicyclic amines) is 1. The Balaban J connectivity index is 1.97. The van der Waals surface area contributed by atoms with Crippen molar-refractivity contribution in [1.29, 1.82) is 0 Å². The van der Waals surface area contributed by atoms with Crippen molar-refractivity contribution in [3.8, 4) is 5.75 Å². The third-order valence-electron chi connectivity index (χ3n) is 5.66. The molecule has 6 nitrogen and oxygen atoms in total. The molecule has 7 heteroatoms. The highest BCUT2D eigenvalue weighted by Crippen LogP contribution is 2.39. The van der Waals surface area contributed by atoms with E-state index in [0.717, 1.165) is 30.6 Å². The molecule has 1 atom stereocenters. The zero-order chi connectivity index (χ0) is 24.0. The molecule has 0 spiro atoms. The minimum atomic E-state index is -0.689. The number of carbonyl (C=O) groups excluding carboxylic acids is 2. The van der Waals surface area contributed by atoms with Crippen molar-refractivity contribution >= 4 is 29.1 Å². The maximum atomic E-state index is 13.0. The van der Waals surface area contributed by atoms with E-state index in [1.165, 1.54) is 4.90 Å². The van der Waals surface area contributed by atoms with Gasteiger partial charge in [-0.25, -0.2) is 0 Å². The number of nitrogens with zero attached hydrogens (tertiary/aromatic N) is 2. The quantitative estimate of drug-likeness (QED) is 0.231. The molecule has 0 radical (unpaired) electrons. The van der Waals surface area contributed by atoms with Crippen LogP contribution in [-0.2, 0) is 9.59 Å². The van der Waals surface area contributed by atoms with Gasteiger partial charge < -0.3 is 19.6 Å². The molecule has 33 heavy (non-hydrogen) atoms. The third kappa shape index (κ3) is 5.95. The number of amides is 1. The number of aliphatic hydroxyl groups excluding tert-OH is 1. The summed E-state index contributed by atoms with van der Waals surface area (Å²) < 4.78 is 5.80. The van der Waals surface area contributed by atoms with Gasteiger partial charge in [-0.15, -0.1) is 0 Å². The van der Waals surface area contributed by atoms with Gasteiger partial charge in [0, 0.05) is 23.7 Å². The van der Waals surface area contributed by atoms with Crippen LogP contribution in [0.2, 0.25) is 5.02 Å². The molecule has 1 fully saturated rings. The van der Waals surface area contributed by atoms with Gasteiger partial charge in [0.15, 0.2) is 0 Å². The van der Waals surface area contributed by atoms with Gasteiger partial charge in [0.1, 0.15) is 11.5 Å². The Hall–Kier alpha value is -2.83. The summed E-state index contributed by atoms with van der Waals surface area (Å²) in [5, 5.41) is 11.6. The molecule has 1 aliphatic rings. The highest BCUT2D eigenvalue weighted by atomic mass is 35.5. The van der Waals surface area contributed by atoms with Gasteiger partial charge in [-0.1, -0.05) is 43.5 Å². The Morgan fingerprint density at radius 2 is 1.73 bits per heavy atom. The van der Waals surface area contributed by atoms with Gasteiger partial charge in [0.2, 0.25) is 0 Å². The summed E-state index contributed by atoms with van der Waals surface area (Å²) in [5.41, 5.74) is 1.26. The number of hydrogen-bond acceptors (Lipinski definition) is 5. The number of aliphatic hydroxyl groups is 1. The average Bonchev–Trinajstić information content (AvgIpc) is 3.05. The number of ketones is 1. The molecule has 2 aromatic carbocycles. The van der Waals surface area contributed by atoms with Crippen LogP contribution in [0.15, 0.2) is 54.1 Å². The Kier molecular flexibility index (Phi) is 8.53. The zero-order valence-electron chi connectivity index (χ0n) is 19.4. The van der Waals surface area contributed by atoms with Gasteiger partial charge >= 0.3 is 0 Å². The number of rotatable bonds is 10. The summed E-state index contributed by atoms with van der Waals surface area (Å²) >= 11 is 5.97. The van der Waals surface area contributed by atoms with E-state index in [1.807, 2.05) is 43.3 Å². The van der Waals surface area contributed by atoms with Gasteiger partial charge in [-0.3, -0.25) is 9.59 Å². The molecule has 3 rings (SSSR count). The van der Waals surface area contributed by atoms with Crippen molar-refractivity contribution in [2.45, 2.75) is 32.2 Å². The molecule has 1 N–H and O–H groups in total. The molecule has 1 aliphatic heterocycles. The molecule has 2 aromatic rings. The van der Waals surface area contributed by atoms with E-state index in [0.29, 0.717) is 30.3 Å². The molecule has 1 saturated heterocycles.